The van der Waals surface area contributed by atoms with Crippen molar-refractivity contribution in [2.24, 2.45) is 12.8 Å². The number of ether oxygens (including phenoxy) is 1. The molecule has 1 aliphatic rings. The minimum Gasteiger partial charge on any atom is -0.381 e. The molecule has 5 nitrogen and oxygen atoms in total. The van der Waals surface area contributed by atoms with Crippen molar-refractivity contribution in [3.8, 4) is 0 Å². The third-order valence-corrected chi connectivity index (χ3v) is 3.93. The molecule has 20 heavy (non-hydrogen) atoms. The predicted octanol–water partition coefficient (Wildman–Crippen LogP) is 1.68. The quantitative estimate of drug-likeness (QED) is 0.921. The third-order valence-electron chi connectivity index (χ3n) is 3.72. The molecule has 2 rings (SSSR count). The highest BCUT2D eigenvalue weighted by molar-refractivity contribution is 6.31. The van der Waals surface area contributed by atoms with E-state index in [0.29, 0.717) is 23.8 Å². The van der Waals surface area contributed by atoms with Gasteiger partial charge in [0.15, 0.2) is 0 Å². The number of carbonyl (C=O) groups is 1. The number of rotatable bonds is 3. The van der Waals surface area contributed by atoms with Gasteiger partial charge in [0, 0.05) is 39.5 Å². The molecule has 2 N–H and O–H groups in total. The number of nitrogens with zero attached hydrogens (tertiary/aromatic N) is 2. The van der Waals surface area contributed by atoms with E-state index in [9.17, 15) is 4.79 Å². The number of nitrogens with two attached hydrogens (primary N) is 1. The van der Waals surface area contributed by atoms with E-state index in [1.807, 2.05) is 11.9 Å². The van der Waals surface area contributed by atoms with Crippen molar-refractivity contribution in [2.75, 3.05) is 20.2 Å². The van der Waals surface area contributed by atoms with Gasteiger partial charge in [-0.3, -0.25) is 4.79 Å². The van der Waals surface area contributed by atoms with Crippen LogP contribution in [0.5, 0.6) is 0 Å². The van der Waals surface area contributed by atoms with E-state index < -0.39 is 0 Å². The molecule has 0 spiro atoms. The van der Waals surface area contributed by atoms with Crippen molar-refractivity contribution in [1.29, 1.82) is 0 Å². The molecule has 1 fully saturated rings. The van der Waals surface area contributed by atoms with Crippen LogP contribution in [0, 0.1) is 0 Å². The van der Waals surface area contributed by atoms with Gasteiger partial charge in [-0.2, -0.15) is 0 Å². The van der Waals surface area contributed by atoms with Crippen LogP contribution in [0.1, 0.15) is 23.3 Å². The number of piperidine rings is 1. The van der Waals surface area contributed by atoms with Crippen molar-refractivity contribution < 1.29 is 9.53 Å². The Balaban J connectivity index is 0.00000200. The molecule has 0 aromatic carbocycles. The average molecular weight is 322 g/mol. The Hall–Kier alpha value is -0.750. The van der Waals surface area contributed by atoms with Gasteiger partial charge in [-0.05, 0) is 18.9 Å². The summed E-state index contributed by atoms with van der Waals surface area (Å²) >= 11 is 5.93. The first-order valence-corrected chi connectivity index (χ1v) is 6.80. The highest BCUT2D eigenvalue weighted by Crippen LogP contribution is 2.22. The lowest BCUT2D eigenvalue weighted by atomic mass is 9.99. The lowest BCUT2D eigenvalue weighted by Gasteiger charge is -2.38. The largest absolute Gasteiger partial charge is 0.381 e. The van der Waals surface area contributed by atoms with Gasteiger partial charge >= 0.3 is 0 Å². The summed E-state index contributed by atoms with van der Waals surface area (Å²) in [7, 11) is 3.52. The van der Waals surface area contributed by atoms with Gasteiger partial charge in [-0.25, -0.2) is 0 Å². The van der Waals surface area contributed by atoms with Crippen molar-refractivity contribution >= 4 is 29.9 Å². The predicted molar refractivity (Wildman–Crippen MR) is 81.6 cm³/mol. The number of aryl methyl sites for hydroxylation is 1. The molecule has 114 valence electrons. The number of likely N-dealkylation sites (tertiary alicyclic amines) is 1. The number of methoxy groups -OCH3 is 1. The standard InChI is InChI=1S/C13H20ClN3O2.ClH/c1-16-8-9(14)5-12(16)13(18)17-4-3-11(19-2)6-10(17)7-15;/h5,8,10-11H,3-4,6-7,15H2,1-2H3;1H. The Labute approximate surface area is 130 Å². The van der Waals surface area contributed by atoms with Crippen LogP contribution in [0.15, 0.2) is 12.3 Å². The maximum absolute atomic E-state index is 12.5. The maximum atomic E-state index is 12.5. The zero-order valence-electron chi connectivity index (χ0n) is 11.7. The minimum absolute atomic E-state index is 0. The third kappa shape index (κ3) is 3.47. The van der Waals surface area contributed by atoms with Crippen LogP contribution >= 0.6 is 24.0 Å². The molecular weight excluding hydrogens is 301 g/mol. The summed E-state index contributed by atoms with van der Waals surface area (Å²) < 4.78 is 7.12. The molecule has 1 amide bonds. The van der Waals surface area contributed by atoms with Crippen LogP contribution in [-0.4, -0.2) is 47.7 Å². The van der Waals surface area contributed by atoms with Crippen molar-refractivity contribution in [1.82, 2.24) is 9.47 Å². The first-order valence-electron chi connectivity index (χ1n) is 6.42. The molecule has 2 atom stereocenters. The van der Waals surface area contributed by atoms with Gasteiger partial charge in [0.1, 0.15) is 5.69 Å². The number of hydrogen-bond donors (Lipinski definition) is 1. The average Bonchev–Trinajstić information content (AvgIpc) is 2.76. The first kappa shape index (κ1) is 17.3. The van der Waals surface area contributed by atoms with Crippen LogP contribution in [0.25, 0.3) is 0 Å². The first-order chi connectivity index (χ1) is 9.06. The smallest absolute Gasteiger partial charge is 0.270 e. The van der Waals surface area contributed by atoms with Crippen LogP contribution in [0.4, 0.5) is 0 Å². The molecule has 0 aliphatic carbocycles. The van der Waals surface area contributed by atoms with Crippen molar-refractivity contribution in [3.63, 3.8) is 0 Å². The highest BCUT2D eigenvalue weighted by Gasteiger charge is 2.32. The molecule has 1 aromatic rings. The summed E-state index contributed by atoms with van der Waals surface area (Å²) in [4.78, 5) is 14.4. The summed E-state index contributed by atoms with van der Waals surface area (Å²) in [6.45, 7) is 1.12. The summed E-state index contributed by atoms with van der Waals surface area (Å²) in [6, 6.07) is 1.72. The Bertz CT molecular complexity index is 464. The Morgan fingerprint density at radius 2 is 2.30 bits per heavy atom. The minimum atomic E-state index is -0.0144. The summed E-state index contributed by atoms with van der Waals surface area (Å²) in [6.07, 6.45) is 3.55. The molecule has 1 saturated heterocycles. The number of hydrogen-bond acceptors (Lipinski definition) is 3. The van der Waals surface area contributed by atoms with E-state index in [2.05, 4.69) is 0 Å². The number of aromatic nitrogens is 1. The fourth-order valence-corrected chi connectivity index (χ4v) is 2.85. The molecule has 1 aliphatic heterocycles. The second-order valence-electron chi connectivity index (χ2n) is 4.92. The molecule has 0 saturated carbocycles. The Kier molecular flexibility index (Phi) is 6.33. The molecule has 1 aromatic heterocycles. The highest BCUT2D eigenvalue weighted by atomic mass is 35.5. The Morgan fingerprint density at radius 1 is 1.60 bits per heavy atom. The number of amides is 1. The van der Waals surface area contributed by atoms with Crippen LogP contribution < -0.4 is 5.73 Å². The second kappa shape index (κ2) is 7.31. The van der Waals surface area contributed by atoms with Gasteiger partial charge in [0.25, 0.3) is 5.91 Å². The lowest BCUT2D eigenvalue weighted by molar-refractivity contribution is 0.0134. The van der Waals surface area contributed by atoms with Gasteiger partial charge in [0.2, 0.25) is 0 Å². The fourth-order valence-electron chi connectivity index (χ4n) is 2.60. The van der Waals surface area contributed by atoms with E-state index in [0.717, 1.165) is 12.8 Å². The van der Waals surface area contributed by atoms with Crippen LogP contribution in [0.3, 0.4) is 0 Å². The zero-order valence-corrected chi connectivity index (χ0v) is 13.3. The maximum Gasteiger partial charge on any atom is 0.270 e. The summed E-state index contributed by atoms with van der Waals surface area (Å²) in [5, 5.41) is 0.571. The molecule has 0 radical (unpaired) electrons. The lowest BCUT2D eigenvalue weighted by Crippen LogP contribution is -2.51. The zero-order chi connectivity index (χ0) is 14.0. The summed E-state index contributed by atoms with van der Waals surface area (Å²) in [5.41, 5.74) is 6.38. The number of halogens is 2. The van der Waals surface area contributed by atoms with E-state index in [1.165, 1.54) is 0 Å². The van der Waals surface area contributed by atoms with Gasteiger partial charge in [-0.1, -0.05) is 11.6 Å². The molecule has 2 unspecified atom stereocenters. The number of carbonyl (C=O) groups excluding carboxylic acids is 1. The van der Waals surface area contributed by atoms with E-state index in [4.69, 9.17) is 22.1 Å². The Morgan fingerprint density at radius 3 is 2.80 bits per heavy atom. The van der Waals surface area contributed by atoms with Gasteiger partial charge < -0.3 is 19.9 Å². The van der Waals surface area contributed by atoms with E-state index in [1.54, 1.807) is 23.9 Å². The van der Waals surface area contributed by atoms with Crippen molar-refractivity contribution in [2.45, 2.75) is 25.0 Å². The molecule has 2 heterocycles. The normalized spacial score (nSPS) is 22.5. The second-order valence-corrected chi connectivity index (χ2v) is 5.36. The molecule has 0 bridgehead atoms. The fraction of sp³-hybridized carbons (Fsp3) is 0.615. The van der Waals surface area contributed by atoms with Crippen molar-refractivity contribution in [3.05, 3.63) is 23.0 Å². The molecular formula is C13H21Cl2N3O2. The van der Waals surface area contributed by atoms with E-state index >= 15 is 0 Å². The van der Waals surface area contributed by atoms with Crippen LogP contribution in [0.2, 0.25) is 5.02 Å². The SMILES string of the molecule is COC1CCN(C(=O)c2cc(Cl)cn2C)C(CN)C1.Cl. The van der Waals surface area contributed by atoms with E-state index in [-0.39, 0.29) is 30.5 Å². The topological polar surface area (TPSA) is 60.5 Å². The molecule has 7 heteroatoms. The van der Waals surface area contributed by atoms with Gasteiger partial charge in [-0.15, -0.1) is 12.4 Å². The van der Waals surface area contributed by atoms with Crippen LogP contribution in [-0.2, 0) is 11.8 Å². The monoisotopic (exact) mass is 321 g/mol. The summed E-state index contributed by atoms with van der Waals surface area (Å²) in [5.74, 6) is -0.0144. The van der Waals surface area contributed by atoms with Gasteiger partial charge in [0.05, 0.1) is 11.1 Å².